The molecule has 2 rings (SSSR count). The van der Waals surface area contributed by atoms with Crippen molar-refractivity contribution in [1.29, 1.82) is 0 Å². The zero-order valence-electron chi connectivity index (χ0n) is 12.2. The van der Waals surface area contributed by atoms with Gasteiger partial charge in [0.25, 0.3) is 0 Å². The standard InChI is InChI=1S/C14H22N2O3S/c1-4-12-5-6-13(7-14(12)15)20(17,18)16-8-11(3)19-9-10(16)2/h5-7,10-11H,4,8-9,15H2,1-3H3. The fourth-order valence-corrected chi connectivity index (χ4v) is 4.13. The van der Waals surface area contributed by atoms with Crippen LogP contribution in [0.3, 0.4) is 0 Å². The van der Waals surface area contributed by atoms with Crippen LogP contribution >= 0.6 is 0 Å². The van der Waals surface area contributed by atoms with Crippen molar-refractivity contribution in [3.63, 3.8) is 0 Å². The van der Waals surface area contributed by atoms with Crippen molar-refractivity contribution in [2.24, 2.45) is 0 Å². The summed E-state index contributed by atoms with van der Waals surface area (Å²) in [7, 11) is -3.52. The van der Waals surface area contributed by atoms with E-state index < -0.39 is 10.0 Å². The van der Waals surface area contributed by atoms with Gasteiger partial charge >= 0.3 is 0 Å². The number of ether oxygens (including phenoxy) is 1. The monoisotopic (exact) mass is 298 g/mol. The first kappa shape index (κ1) is 15.3. The molecule has 0 amide bonds. The van der Waals surface area contributed by atoms with E-state index in [1.165, 1.54) is 4.31 Å². The molecule has 1 fully saturated rings. The first-order valence-corrected chi connectivity index (χ1v) is 8.32. The minimum atomic E-state index is -3.52. The third-order valence-electron chi connectivity index (χ3n) is 3.66. The van der Waals surface area contributed by atoms with Crippen molar-refractivity contribution in [2.45, 2.75) is 44.2 Å². The second-order valence-corrected chi connectivity index (χ2v) is 7.17. The maximum absolute atomic E-state index is 12.7. The number of sulfonamides is 1. The molecule has 2 N–H and O–H groups in total. The lowest BCUT2D eigenvalue weighted by Crippen LogP contribution is -2.50. The molecule has 1 aromatic rings. The minimum Gasteiger partial charge on any atom is -0.398 e. The molecule has 20 heavy (non-hydrogen) atoms. The lowest BCUT2D eigenvalue weighted by Gasteiger charge is -2.35. The summed E-state index contributed by atoms with van der Waals surface area (Å²) in [6, 6.07) is 4.82. The number of morpholine rings is 1. The molecule has 2 atom stereocenters. The molecular weight excluding hydrogens is 276 g/mol. The van der Waals surface area contributed by atoms with Crippen LogP contribution in [0, 0.1) is 0 Å². The Kier molecular flexibility index (Phi) is 4.36. The van der Waals surface area contributed by atoms with Gasteiger partial charge in [-0.2, -0.15) is 4.31 Å². The number of rotatable bonds is 3. The van der Waals surface area contributed by atoms with Gasteiger partial charge in [0.15, 0.2) is 0 Å². The highest BCUT2D eigenvalue weighted by Crippen LogP contribution is 2.25. The molecule has 0 spiro atoms. The Morgan fingerprint density at radius 2 is 2.10 bits per heavy atom. The van der Waals surface area contributed by atoms with Crippen LogP contribution < -0.4 is 5.73 Å². The van der Waals surface area contributed by atoms with E-state index in [0.717, 1.165) is 12.0 Å². The largest absolute Gasteiger partial charge is 0.398 e. The predicted molar refractivity (Wildman–Crippen MR) is 79.0 cm³/mol. The van der Waals surface area contributed by atoms with Gasteiger partial charge in [0, 0.05) is 18.3 Å². The maximum Gasteiger partial charge on any atom is 0.243 e. The molecule has 1 aliphatic rings. The van der Waals surface area contributed by atoms with Crippen LogP contribution in [0.1, 0.15) is 26.3 Å². The van der Waals surface area contributed by atoms with E-state index in [0.29, 0.717) is 18.8 Å². The molecule has 6 heteroatoms. The number of anilines is 1. The summed E-state index contributed by atoms with van der Waals surface area (Å²) in [6.07, 6.45) is 0.699. The van der Waals surface area contributed by atoms with Crippen molar-refractivity contribution in [2.75, 3.05) is 18.9 Å². The van der Waals surface area contributed by atoms with Crippen LogP contribution in [0.15, 0.2) is 23.1 Å². The average Bonchev–Trinajstić information content (AvgIpc) is 2.41. The summed E-state index contributed by atoms with van der Waals surface area (Å²) in [5.41, 5.74) is 7.41. The van der Waals surface area contributed by atoms with Gasteiger partial charge in [-0.05, 0) is 38.0 Å². The van der Waals surface area contributed by atoms with Crippen molar-refractivity contribution >= 4 is 15.7 Å². The smallest absolute Gasteiger partial charge is 0.243 e. The fraction of sp³-hybridized carbons (Fsp3) is 0.571. The number of nitrogens with zero attached hydrogens (tertiary/aromatic N) is 1. The number of nitrogen functional groups attached to an aromatic ring is 1. The number of hydrogen-bond acceptors (Lipinski definition) is 4. The van der Waals surface area contributed by atoms with Gasteiger partial charge in [0.2, 0.25) is 10.0 Å². The van der Waals surface area contributed by atoms with Crippen LogP contribution in [0.25, 0.3) is 0 Å². The second kappa shape index (κ2) is 5.71. The summed E-state index contributed by atoms with van der Waals surface area (Å²) in [5.74, 6) is 0. The van der Waals surface area contributed by atoms with Gasteiger partial charge in [-0.3, -0.25) is 0 Å². The molecule has 0 radical (unpaired) electrons. The Balaban J connectivity index is 2.36. The number of aryl methyl sites for hydroxylation is 1. The average molecular weight is 298 g/mol. The van der Waals surface area contributed by atoms with Crippen molar-refractivity contribution in [3.8, 4) is 0 Å². The molecule has 0 aliphatic carbocycles. The summed E-state index contributed by atoms with van der Waals surface area (Å²) in [5, 5.41) is 0. The summed E-state index contributed by atoms with van der Waals surface area (Å²) < 4.78 is 32.4. The minimum absolute atomic E-state index is 0.0896. The molecule has 0 bridgehead atoms. The first-order chi connectivity index (χ1) is 9.36. The lowest BCUT2D eigenvalue weighted by atomic mass is 10.1. The van der Waals surface area contributed by atoms with Gasteiger partial charge < -0.3 is 10.5 Å². The molecule has 2 unspecified atom stereocenters. The molecule has 1 aromatic carbocycles. The van der Waals surface area contributed by atoms with Crippen LogP contribution in [0.4, 0.5) is 5.69 Å². The molecular formula is C14H22N2O3S. The number of hydrogen-bond donors (Lipinski definition) is 1. The van der Waals surface area contributed by atoms with Crippen LogP contribution in [0.5, 0.6) is 0 Å². The molecule has 112 valence electrons. The van der Waals surface area contributed by atoms with Crippen LogP contribution in [-0.4, -0.2) is 38.0 Å². The Morgan fingerprint density at radius 1 is 1.40 bits per heavy atom. The summed E-state index contributed by atoms with van der Waals surface area (Å²) in [6.45, 7) is 6.52. The highest BCUT2D eigenvalue weighted by Gasteiger charge is 2.34. The molecule has 1 heterocycles. The quantitative estimate of drug-likeness (QED) is 0.861. The van der Waals surface area contributed by atoms with Gasteiger partial charge in [0.1, 0.15) is 0 Å². The summed E-state index contributed by atoms with van der Waals surface area (Å²) in [4.78, 5) is 0.258. The summed E-state index contributed by atoms with van der Waals surface area (Å²) >= 11 is 0. The zero-order valence-corrected chi connectivity index (χ0v) is 13.0. The van der Waals surface area contributed by atoms with Gasteiger partial charge in [0.05, 0.1) is 17.6 Å². The van der Waals surface area contributed by atoms with Gasteiger partial charge in [-0.15, -0.1) is 0 Å². The fourth-order valence-electron chi connectivity index (χ4n) is 2.40. The second-order valence-electron chi connectivity index (χ2n) is 5.28. The normalized spacial score (nSPS) is 24.8. The Labute approximate surface area is 120 Å². The third kappa shape index (κ3) is 2.82. The predicted octanol–water partition coefficient (Wildman–Crippen LogP) is 1.63. The zero-order chi connectivity index (χ0) is 14.9. The number of benzene rings is 1. The van der Waals surface area contributed by atoms with Crippen molar-refractivity contribution in [3.05, 3.63) is 23.8 Å². The molecule has 5 nitrogen and oxygen atoms in total. The molecule has 0 saturated carbocycles. The van der Waals surface area contributed by atoms with E-state index in [9.17, 15) is 8.42 Å². The lowest BCUT2D eigenvalue weighted by molar-refractivity contribution is -0.0170. The van der Waals surface area contributed by atoms with E-state index in [-0.39, 0.29) is 17.0 Å². The Morgan fingerprint density at radius 3 is 2.70 bits per heavy atom. The number of nitrogens with two attached hydrogens (primary N) is 1. The van der Waals surface area contributed by atoms with Crippen LogP contribution in [-0.2, 0) is 21.2 Å². The van der Waals surface area contributed by atoms with E-state index in [1.54, 1.807) is 18.2 Å². The van der Waals surface area contributed by atoms with E-state index in [1.807, 2.05) is 20.8 Å². The van der Waals surface area contributed by atoms with Crippen molar-refractivity contribution in [1.82, 2.24) is 4.31 Å². The van der Waals surface area contributed by atoms with Gasteiger partial charge in [-0.25, -0.2) is 8.42 Å². The maximum atomic E-state index is 12.7. The van der Waals surface area contributed by atoms with Crippen molar-refractivity contribution < 1.29 is 13.2 Å². The van der Waals surface area contributed by atoms with E-state index in [2.05, 4.69) is 0 Å². The molecule has 0 aromatic heterocycles. The topological polar surface area (TPSA) is 72.6 Å². The third-order valence-corrected chi connectivity index (χ3v) is 5.63. The highest BCUT2D eigenvalue weighted by molar-refractivity contribution is 7.89. The van der Waals surface area contributed by atoms with E-state index in [4.69, 9.17) is 10.5 Å². The van der Waals surface area contributed by atoms with Gasteiger partial charge in [-0.1, -0.05) is 13.0 Å². The first-order valence-electron chi connectivity index (χ1n) is 6.88. The SMILES string of the molecule is CCc1ccc(S(=O)(=O)N2CC(C)OCC2C)cc1N. The molecule has 1 saturated heterocycles. The molecule has 1 aliphatic heterocycles. The Bertz CT molecular complexity index is 586. The highest BCUT2D eigenvalue weighted by atomic mass is 32.2. The van der Waals surface area contributed by atoms with E-state index >= 15 is 0 Å². The van der Waals surface area contributed by atoms with Crippen LogP contribution in [0.2, 0.25) is 0 Å². The Hall–Kier alpha value is -1.11.